The van der Waals surface area contributed by atoms with Gasteiger partial charge in [0.25, 0.3) is 5.91 Å². The summed E-state index contributed by atoms with van der Waals surface area (Å²) >= 11 is 0. The minimum atomic E-state index is -0.424. The molecule has 4 rings (SSSR count). The molecule has 0 unspecified atom stereocenters. The van der Waals surface area contributed by atoms with Crippen LogP contribution in [0.4, 0.5) is 5.69 Å². The van der Waals surface area contributed by atoms with Crippen LogP contribution in [0, 0.1) is 5.92 Å². The number of hydrogen-bond acceptors (Lipinski definition) is 4. The van der Waals surface area contributed by atoms with E-state index in [0.29, 0.717) is 29.9 Å². The zero-order valence-corrected chi connectivity index (χ0v) is 16.7. The molecule has 2 aromatic carbocycles. The summed E-state index contributed by atoms with van der Waals surface area (Å²) in [5.74, 6) is -0.895. The lowest BCUT2D eigenvalue weighted by Crippen LogP contribution is -2.43. The highest BCUT2D eigenvalue weighted by Gasteiger charge is 2.29. The van der Waals surface area contributed by atoms with E-state index in [4.69, 9.17) is 0 Å². The van der Waals surface area contributed by atoms with E-state index in [9.17, 15) is 14.4 Å². The number of nitrogens with zero attached hydrogens (tertiary/aromatic N) is 1. The molecule has 2 N–H and O–H groups in total. The molecule has 0 bridgehead atoms. The summed E-state index contributed by atoms with van der Waals surface area (Å²) in [5, 5.41) is 3.94. The van der Waals surface area contributed by atoms with Gasteiger partial charge in [0, 0.05) is 36.1 Å². The van der Waals surface area contributed by atoms with Gasteiger partial charge >= 0.3 is 5.97 Å². The number of fused-ring (bicyclic) bond motifs is 1. The van der Waals surface area contributed by atoms with Gasteiger partial charge in [-0.15, -0.1) is 0 Å². The highest BCUT2D eigenvalue weighted by atomic mass is 16.5. The predicted octanol–water partition coefficient (Wildman–Crippen LogP) is 3.45. The van der Waals surface area contributed by atoms with Crippen molar-refractivity contribution < 1.29 is 19.1 Å². The number of ether oxygens (including phenoxy) is 1. The van der Waals surface area contributed by atoms with Gasteiger partial charge < -0.3 is 19.9 Å². The average molecular weight is 405 g/mol. The van der Waals surface area contributed by atoms with Gasteiger partial charge in [0.1, 0.15) is 0 Å². The quantitative estimate of drug-likeness (QED) is 0.651. The molecule has 1 aromatic heterocycles. The molecule has 1 aliphatic heterocycles. The van der Waals surface area contributed by atoms with Gasteiger partial charge in [0.15, 0.2) is 0 Å². The zero-order valence-electron chi connectivity index (χ0n) is 16.7. The van der Waals surface area contributed by atoms with E-state index in [0.717, 1.165) is 23.7 Å². The molecule has 2 amide bonds. The summed E-state index contributed by atoms with van der Waals surface area (Å²) < 4.78 is 4.68. The van der Waals surface area contributed by atoms with Crippen molar-refractivity contribution in [3.05, 3.63) is 65.9 Å². The molecular weight excluding hydrogens is 382 g/mol. The minimum Gasteiger partial charge on any atom is -0.465 e. The summed E-state index contributed by atoms with van der Waals surface area (Å²) in [6.07, 6.45) is 3.35. The maximum absolute atomic E-state index is 13.0. The van der Waals surface area contributed by atoms with Crippen molar-refractivity contribution in [1.82, 2.24) is 9.88 Å². The largest absolute Gasteiger partial charge is 0.465 e. The number of likely N-dealkylation sites (tertiary alicyclic amines) is 1. The third-order valence-electron chi connectivity index (χ3n) is 5.45. The van der Waals surface area contributed by atoms with E-state index >= 15 is 0 Å². The van der Waals surface area contributed by atoms with Gasteiger partial charge in [0.05, 0.1) is 18.6 Å². The van der Waals surface area contributed by atoms with Gasteiger partial charge in [-0.25, -0.2) is 4.79 Å². The Morgan fingerprint density at radius 2 is 1.83 bits per heavy atom. The predicted molar refractivity (Wildman–Crippen MR) is 113 cm³/mol. The second-order valence-corrected chi connectivity index (χ2v) is 7.43. The van der Waals surface area contributed by atoms with Crippen molar-refractivity contribution in [2.24, 2.45) is 5.92 Å². The van der Waals surface area contributed by atoms with Crippen LogP contribution in [0.3, 0.4) is 0 Å². The molecule has 7 nitrogen and oxygen atoms in total. The number of hydrogen-bond donors (Lipinski definition) is 2. The smallest absolute Gasteiger partial charge is 0.337 e. The van der Waals surface area contributed by atoms with Gasteiger partial charge in [-0.1, -0.05) is 6.07 Å². The lowest BCUT2D eigenvalue weighted by atomic mass is 9.96. The van der Waals surface area contributed by atoms with E-state index in [-0.39, 0.29) is 17.7 Å². The fourth-order valence-electron chi connectivity index (χ4n) is 3.79. The molecular formula is C23H23N3O4. The lowest BCUT2D eigenvalue weighted by Gasteiger charge is -2.32. The molecule has 7 heteroatoms. The van der Waals surface area contributed by atoms with Crippen molar-refractivity contribution in [3.63, 3.8) is 0 Å². The summed E-state index contributed by atoms with van der Waals surface area (Å²) in [5.41, 5.74) is 2.56. The number of benzene rings is 2. The Kier molecular flexibility index (Phi) is 5.52. The number of amides is 2. The Morgan fingerprint density at radius 1 is 1.07 bits per heavy atom. The summed E-state index contributed by atoms with van der Waals surface area (Å²) in [7, 11) is 1.32. The van der Waals surface area contributed by atoms with Crippen molar-refractivity contribution in [2.45, 2.75) is 12.8 Å². The number of aromatic amines is 1. The Bertz CT molecular complexity index is 1090. The van der Waals surface area contributed by atoms with Crippen LogP contribution in [0.5, 0.6) is 0 Å². The highest BCUT2D eigenvalue weighted by molar-refractivity contribution is 5.99. The number of rotatable bonds is 4. The van der Waals surface area contributed by atoms with Crippen LogP contribution in [0.25, 0.3) is 10.9 Å². The fourth-order valence-corrected chi connectivity index (χ4v) is 3.79. The molecule has 2 heterocycles. The standard InChI is InChI=1S/C23H23N3O4/c1-30-23(29)16-6-8-19(9-7-16)25-21(27)18-3-2-12-26(14-18)22(28)17-5-4-15-10-11-24-20(15)13-17/h4-11,13,18,24H,2-3,12,14H2,1H3,(H,25,27)/t18-/m1/s1. The molecule has 1 aliphatic rings. The second-order valence-electron chi connectivity index (χ2n) is 7.43. The Balaban J connectivity index is 1.40. The van der Waals surface area contributed by atoms with Crippen LogP contribution in [0.2, 0.25) is 0 Å². The molecule has 0 aliphatic carbocycles. The van der Waals surface area contributed by atoms with E-state index < -0.39 is 5.97 Å². The van der Waals surface area contributed by atoms with Crippen LogP contribution < -0.4 is 5.32 Å². The normalized spacial score (nSPS) is 16.3. The van der Waals surface area contributed by atoms with Crippen LogP contribution >= 0.6 is 0 Å². The Morgan fingerprint density at radius 3 is 2.60 bits per heavy atom. The van der Waals surface area contributed by atoms with Gasteiger partial charge in [0.2, 0.25) is 5.91 Å². The Labute approximate surface area is 174 Å². The molecule has 30 heavy (non-hydrogen) atoms. The third kappa shape index (κ3) is 4.05. The molecule has 154 valence electrons. The molecule has 0 spiro atoms. The minimum absolute atomic E-state index is 0.0635. The monoisotopic (exact) mass is 405 g/mol. The molecule has 3 aromatic rings. The van der Waals surface area contributed by atoms with E-state index in [1.54, 1.807) is 29.2 Å². The number of esters is 1. The number of piperidine rings is 1. The van der Waals surface area contributed by atoms with Crippen LogP contribution in [-0.4, -0.2) is 47.9 Å². The number of methoxy groups -OCH3 is 1. The second kappa shape index (κ2) is 8.41. The van der Waals surface area contributed by atoms with E-state index in [2.05, 4.69) is 15.0 Å². The molecule has 1 atom stereocenters. The van der Waals surface area contributed by atoms with Crippen molar-refractivity contribution >= 4 is 34.4 Å². The first-order valence-corrected chi connectivity index (χ1v) is 9.91. The van der Waals surface area contributed by atoms with Crippen molar-refractivity contribution in [1.29, 1.82) is 0 Å². The summed E-state index contributed by atoms with van der Waals surface area (Å²) in [4.78, 5) is 42.1. The van der Waals surface area contributed by atoms with Gasteiger partial charge in [-0.2, -0.15) is 0 Å². The molecule has 0 saturated carbocycles. The SMILES string of the molecule is COC(=O)c1ccc(NC(=O)[C@@H]2CCCN(C(=O)c3ccc4cc[nH]c4c3)C2)cc1. The first-order chi connectivity index (χ1) is 14.5. The summed E-state index contributed by atoms with van der Waals surface area (Å²) in [6, 6.07) is 14.1. The number of nitrogens with one attached hydrogen (secondary N) is 2. The highest BCUT2D eigenvalue weighted by Crippen LogP contribution is 2.22. The first-order valence-electron chi connectivity index (χ1n) is 9.91. The van der Waals surface area contributed by atoms with E-state index in [1.807, 2.05) is 30.5 Å². The van der Waals surface area contributed by atoms with Crippen LogP contribution in [0.1, 0.15) is 33.6 Å². The number of carbonyl (C=O) groups is 3. The lowest BCUT2D eigenvalue weighted by molar-refractivity contribution is -0.121. The van der Waals surface area contributed by atoms with Crippen molar-refractivity contribution in [3.8, 4) is 0 Å². The first kappa shape index (κ1) is 19.7. The summed E-state index contributed by atoms with van der Waals surface area (Å²) in [6.45, 7) is 1.02. The molecule has 0 radical (unpaired) electrons. The topological polar surface area (TPSA) is 91.5 Å². The van der Waals surface area contributed by atoms with Gasteiger partial charge in [-0.3, -0.25) is 9.59 Å². The molecule has 1 fully saturated rings. The number of carbonyl (C=O) groups excluding carboxylic acids is 3. The number of H-pyrrole nitrogens is 1. The van der Waals surface area contributed by atoms with Gasteiger partial charge in [-0.05, 0) is 60.7 Å². The van der Waals surface area contributed by atoms with Crippen molar-refractivity contribution in [2.75, 3.05) is 25.5 Å². The third-order valence-corrected chi connectivity index (χ3v) is 5.45. The van der Waals surface area contributed by atoms with E-state index in [1.165, 1.54) is 7.11 Å². The number of aromatic nitrogens is 1. The zero-order chi connectivity index (χ0) is 21.1. The maximum Gasteiger partial charge on any atom is 0.337 e. The van der Waals surface area contributed by atoms with Crippen LogP contribution in [-0.2, 0) is 9.53 Å². The van der Waals surface area contributed by atoms with Crippen LogP contribution in [0.15, 0.2) is 54.7 Å². The maximum atomic E-state index is 13.0. The number of anilines is 1. The average Bonchev–Trinajstić information content (AvgIpc) is 3.26. The Hall–Kier alpha value is -3.61. The molecule has 1 saturated heterocycles. The fraction of sp³-hybridized carbons (Fsp3) is 0.261.